The van der Waals surface area contributed by atoms with Crippen molar-refractivity contribution in [3.63, 3.8) is 0 Å². The first-order valence-electron chi connectivity index (χ1n) is 12.1. The van der Waals surface area contributed by atoms with Crippen LogP contribution in [0.1, 0.15) is 84.4 Å². The molecule has 1 heterocycles. The largest absolute Gasteiger partial charge is 0.256 e. The van der Waals surface area contributed by atoms with Gasteiger partial charge in [0.25, 0.3) is 0 Å². The molecule has 1 aromatic heterocycles. The van der Waals surface area contributed by atoms with Crippen LogP contribution in [0.25, 0.3) is 16.3 Å². The minimum absolute atomic E-state index is 0.0415. The van der Waals surface area contributed by atoms with E-state index in [0.717, 1.165) is 54.0 Å². The Balaban J connectivity index is 0.000000342. The third-order valence-electron chi connectivity index (χ3n) is 7.64. The van der Waals surface area contributed by atoms with Crippen LogP contribution in [0.2, 0.25) is 0 Å². The zero-order valence-corrected chi connectivity index (χ0v) is 19.8. The van der Waals surface area contributed by atoms with Gasteiger partial charge in [-0.05, 0) is 65.7 Å². The summed E-state index contributed by atoms with van der Waals surface area (Å²) in [7, 11) is 0. The molecule has 164 valence electrons. The van der Waals surface area contributed by atoms with Gasteiger partial charge in [-0.15, -0.1) is 0 Å². The summed E-state index contributed by atoms with van der Waals surface area (Å²) < 4.78 is 15.6. The Hall–Kier alpha value is -2.22. The number of aromatic nitrogens is 1. The monoisotopic (exact) mass is 417 g/mol. The van der Waals surface area contributed by atoms with E-state index >= 15 is 4.39 Å². The van der Waals surface area contributed by atoms with Crippen molar-refractivity contribution in [1.29, 1.82) is 0 Å². The fraction of sp³-hybridized carbons (Fsp3) is 0.483. The molecule has 0 saturated heterocycles. The predicted molar refractivity (Wildman–Crippen MR) is 131 cm³/mol. The Morgan fingerprint density at radius 1 is 1.13 bits per heavy atom. The van der Waals surface area contributed by atoms with E-state index in [1.807, 2.05) is 6.20 Å². The van der Waals surface area contributed by atoms with Gasteiger partial charge < -0.3 is 0 Å². The number of pyridine rings is 1. The lowest BCUT2D eigenvalue weighted by Gasteiger charge is -2.41. The van der Waals surface area contributed by atoms with Crippen molar-refractivity contribution in [3.05, 3.63) is 70.8 Å². The maximum atomic E-state index is 15.6. The summed E-state index contributed by atoms with van der Waals surface area (Å²) in [4.78, 5) is 4.75. The molecule has 2 aromatic rings. The zero-order chi connectivity index (χ0) is 22.2. The second-order valence-electron chi connectivity index (χ2n) is 9.96. The van der Waals surface area contributed by atoms with Crippen molar-refractivity contribution < 1.29 is 4.39 Å². The van der Waals surface area contributed by atoms with Gasteiger partial charge in [-0.3, -0.25) is 4.98 Å². The van der Waals surface area contributed by atoms with Crippen LogP contribution in [0.15, 0.2) is 59.6 Å². The first kappa shape index (κ1) is 22.0. The molecule has 5 rings (SSSR count). The van der Waals surface area contributed by atoms with Gasteiger partial charge in [0.1, 0.15) is 5.83 Å². The molecule has 0 N–H and O–H groups in total. The molecule has 0 saturated carbocycles. The normalized spacial score (nSPS) is 21.5. The van der Waals surface area contributed by atoms with Crippen molar-refractivity contribution in [3.8, 4) is 0 Å². The SMILES string of the molecule is CC1(C)C2=C(c3nccc4cccc1c34)C1CC=CCCC(=C2F)C1.CCC(C)CC. The van der Waals surface area contributed by atoms with Crippen molar-refractivity contribution >= 4 is 16.3 Å². The highest BCUT2D eigenvalue weighted by Crippen LogP contribution is 2.55. The highest BCUT2D eigenvalue weighted by atomic mass is 19.1. The molecule has 2 heteroatoms. The lowest BCUT2D eigenvalue weighted by Crippen LogP contribution is -2.31. The number of rotatable bonds is 2. The Kier molecular flexibility index (Phi) is 6.19. The van der Waals surface area contributed by atoms with Crippen LogP contribution in [-0.2, 0) is 5.41 Å². The molecular formula is C29H36FN. The molecule has 2 bridgehead atoms. The molecule has 0 amide bonds. The van der Waals surface area contributed by atoms with Gasteiger partial charge in [-0.1, -0.05) is 77.8 Å². The molecule has 0 radical (unpaired) electrons. The van der Waals surface area contributed by atoms with E-state index in [2.05, 4.69) is 71.0 Å². The van der Waals surface area contributed by atoms with E-state index < -0.39 is 0 Å². The highest BCUT2D eigenvalue weighted by Gasteiger charge is 2.43. The van der Waals surface area contributed by atoms with Gasteiger partial charge in [-0.25, -0.2) is 4.39 Å². The number of nitrogens with zero attached hydrogens (tertiary/aromatic N) is 1. The summed E-state index contributed by atoms with van der Waals surface area (Å²) in [5.41, 5.74) is 4.94. The van der Waals surface area contributed by atoms with E-state index in [1.165, 1.54) is 29.2 Å². The van der Waals surface area contributed by atoms with Crippen LogP contribution < -0.4 is 0 Å². The fourth-order valence-electron chi connectivity index (χ4n) is 5.34. The third-order valence-corrected chi connectivity index (χ3v) is 7.64. The minimum atomic E-state index is -0.332. The molecule has 1 aromatic carbocycles. The number of allylic oxidation sites excluding steroid dienone is 6. The number of hydrogen-bond donors (Lipinski definition) is 0. The van der Waals surface area contributed by atoms with Crippen molar-refractivity contribution in [2.24, 2.45) is 11.8 Å². The van der Waals surface area contributed by atoms with Crippen LogP contribution in [0.5, 0.6) is 0 Å². The third kappa shape index (κ3) is 3.79. The average Bonchev–Trinajstić information content (AvgIpc) is 2.76. The Morgan fingerprint density at radius 3 is 2.61 bits per heavy atom. The zero-order valence-electron chi connectivity index (χ0n) is 19.8. The summed E-state index contributed by atoms with van der Waals surface area (Å²) in [6.07, 6.45) is 12.6. The first-order valence-corrected chi connectivity index (χ1v) is 12.1. The maximum absolute atomic E-state index is 15.6. The topological polar surface area (TPSA) is 12.9 Å². The van der Waals surface area contributed by atoms with Crippen LogP contribution in [-0.4, -0.2) is 4.98 Å². The molecule has 1 atom stereocenters. The molecule has 0 fully saturated rings. The van der Waals surface area contributed by atoms with Gasteiger partial charge in [0, 0.05) is 22.6 Å². The lowest BCUT2D eigenvalue weighted by atomic mass is 9.63. The highest BCUT2D eigenvalue weighted by molar-refractivity contribution is 6.00. The van der Waals surface area contributed by atoms with Gasteiger partial charge in [0.2, 0.25) is 0 Å². The molecule has 1 nitrogen and oxygen atoms in total. The number of fused-ring (bicyclic) bond motifs is 4. The quantitative estimate of drug-likeness (QED) is 0.445. The predicted octanol–water partition coefficient (Wildman–Crippen LogP) is 8.71. The molecule has 1 unspecified atom stereocenters. The van der Waals surface area contributed by atoms with Crippen LogP contribution in [0, 0.1) is 11.8 Å². The average molecular weight is 418 g/mol. The maximum Gasteiger partial charge on any atom is 0.126 e. The number of halogens is 1. The van der Waals surface area contributed by atoms with Crippen molar-refractivity contribution in [2.75, 3.05) is 0 Å². The smallest absolute Gasteiger partial charge is 0.126 e. The summed E-state index contributed by atoms with van der Waals surface area (Å²) in [6.45, 7) is 11.1. The Morgan fingerprint density at radius 2 is 1.90 bits per heavy atom. The minimum Gasteiger partial charge on any atom is -0.256 e. The first-order chi connectivity index (χ1) is 14.9. The van der Waals surface area contributed by atoms with Crippen LogP contribution in [0.4, 0.5) is 4.39 Å². The number of benzene rings is 1. The van der Waals surface area contributed by atoms with Crippen LogP contribution in [0.3, 0.4) is 0 Å². The fourth-order valence-corrected chi connectivity index (χ4v) is 5.34. The molecule has 3 aliphatic carbocycles. The molecule has 3 aliphatic rings. The summed E-state index contributed by atoms with van der Waals surface area (Å²) in [6, 6.07) is 8.45. The molecule has 0 spiro atoms. The summed E-state index contributed by atoms with van der Waals surface area (Å²) >= 11 is 0. The van der Waals surface area contributed by atoms with E-state index in [0.29, 0.717) is 5.92 Å². The van der Waals surface area contributed by atoms with Gasteiger partial charge in [-0.2, -0.15) is 0 Å². The lowest BCUT2D eigenvalue weighted by molar-refractivity contribution is 0.499. The van der Waals surface area contributed by atoms with Crippen LogP contribution >= 0.6 is 0 Å². The van der Waals surface area contributed by atoms with Gasteiger partial charge in [0.15, 0.2) is 0 Å². The second-order valence-corrected chi connectivity index (χ2v) is 9.96. The van der Waals surface area contributed by atoms with Gasteiger partial charge >= 0.3 is 0 Å². The summed E-state index contributed by atoms with van der Waals surface area (Å²) in [5, 5.41) is 2.43. The standard InChI is InChI=1S/C23H22FN.C6H14/c1-23(2)17-10-6-9-14-11-12-25-22(18(14)17)19-15-7-4-3-5-8-16(13-15)21(24)20(19)23;1-4-6(3)5-2/h3-4,6,9-12,15H,5,7-8,13H2,1-2H3;6H,4-5H2,1-3H3. The van der Waals surface area contributed by atoms with E-state index in [4.69, 9.17) is 4.98 Å². The number of hydrogen-bond acceptors (Lipinski definition) is 1. The Labute approximate surface area is 187 Å². The van der Waals surface area contributed by atoms with E-state index in [-0.39, 0.29) is 11.2 Å². The molecule has 0 aliphatic heterocycles. The molecule has 31 heavy (non-hydrogen) atoms. The van der Waals surface area contributed by atoms with Crippen molar-refractivity contribution in [2.45, 2.75) is 78.6 Å². The van der Waals surface area contributed by atoms with Crippen molar-refractivity contribution in [1.82, 2.24) is 4.98 Å². The molecular weight excluding hydrogens is 381 g/mol. The second kappa shape index (κ2) is 8.73. The Bertz CT molecular complexity index is 1060. The van der Waals surface area contributed by atoms with E-state index in [9.17, 15) is 0 Å². The van der Waals surface area contributed by atoms with E-state index in [1.54, 1.807) is 0 Å². The van der Waals surface area contributed by atoms with Gasteiger partial charge in [0.05, 0.1) is 5.69 Å². The summed E-state index contributed by atoms with van der Waals surface area (Å²) in [5.74, 6) is 1.32.